The van der Waals surface area contributed by atoms with Crippen LogP contribution in [0.25, 0.3) is 33.6 Å². The molecule has 0 spiro atoms. The highest BCUT2D eigenvalue weighted by Crippen LogP contribution is 2.35. The number of thiazole rings is 2. The smallest absolute Gasteiger partial charge is 0.332 e. The summed E-state index contributed by atoms with van der Waals surface area (Å²) in [6.45, 7) is 0. The second-order valence-corrected chi connectivity index (χ2v) is 11.4. The SMILES string of the molecule is FC(F)(F)c1cccc(Nc2nc(-c3ccc(-c4ccc(-c5csc(Nc6cccc(C(F)(F)F)c6)n5)cc4)cc3)cs2)c1. The van der Waals surface area contributed by atoms with Crippen LogP contribution in [0.1, 0.15) is 11.1 Å². The molecule has 6 aromatic rings. The molecule has 0 bridgehead atoms. The molecule has 0 saturated heterocycles. The van der Waals surface area contributed by atoms with Crippen LogP contribution in [-0.4, -0.2) is 9.97 Å². The van der Waals surface area contributed by atoms with Gasteiger partial charge in [-0.15, -0.1) is 22.7 Å². The molecule has 4 aromatic carbocycles. The first-order valence-electron chi connectivity index (χ1n) is 13.0. The lowest BCUT2D eigenvalue weighted by molar-refractivity contribution is -0.138. The second-order valence-electron chi connectivity index (χ2n) is 9.64. The molecule has 6 rings (SSSR count). The van der Waals surface area contributed by atoms with Crippen LogP contribution in [0, 0.1) is 0 Å². The van der Waals surface area contributed by atoms with Crippen LogP contribution in [0.3, 0.4) is 0 Å². The summed E-state index contributed by atoms with van der Waals surface area (Å²) in [6, 6.07) is 25.5. The van der Waals surface area contributed by atoms with Crippen molar-refractivity contribution in [2.75, 3.05) is 10.6 Å². The number of benzene rings is 4. The summed E-state index contributed by atoms with van der Waals surface area (Å²) < 4.78 is 78.1. The lowest BCUT2D eigenvalue weighted by Crippen LogP contribution is -2.05. The van der Waals surface area contributed by atoms with E-state index in [1.165, 1.54) is 34.8 Å². The van der Waals surface area contributed by atoms with Gasteiger partial charge in [-0.05, 0) is 47.5 Å². The molecule has 0 unspecified atom stereocenters. The quantitative estimate of drug-likeness (QED) is 0.171. The van der Waals surface area contributed by atoms with E-state index in [0.717, 1.165) is 46.5 Å². The zero-order valence-corrected chi connectivity index (χ0v) is 24.0. The first kappa shape index (κ1) is 29.4. The van der Waals surface area contributed by atoms with Gasteiger partial charge in [0.1, 0.15) is 0 Å². The third-order valence-electron chi connectivity index (χ3n) is 6.59. The molecule has 12 heteroatoms. The van der Waals surface area contributed by atoms with E-state index >= 15 is 0 Å². The van der Waals surface area contributed by atoms with E-state index in [1.54, 1.807) is 12.1 Å². The molecule has 0 radical (unpaired) electrons. The maximum Gasteiger partial charge on any atom is 0.416 e. The Morgan fingerprint density at radius 3 is 1.20 bits per heavy atom. The van der Waals surface area contributed by atoms with Crippen molar-refractivity contribution in [3.05, 3.63) is 119 Å². The summed E-state index contributed by atoms with van der Waals surface area (Å²) in [5, 5.41) is 10.5. The topological polar surface area (TPSA) is 49.8 Å². The van der Waals surface area contributed by atoms with Crippen LogP contribution in [-0.2, 0) is 12.4 Å². The predicted octanol–water partition coefficient (Wildman–Crippen LogP) is 11.1. The van der Waals surface area contributed by atoms with E-state index in [0.29, 0.717) is 33.0 Å². The van der Waals surface area contributed by atoms with Crippen LogP contribution >= 0.6 is 22.7 Å². The van der Waals surface area contributed by atoms with Crippen molar-refractivity contribution >= 4 is 44.3 Å². The highest BCUT2D eigenvalue weighted by molar-refractivity contribution is 7.14. The van der Waals surface area contributed by atoms with Crippen LogP contribution in [0.2, 0.25) is 0 Å². The van der Waals surface area contributed by atoms with Gasteiger partial charge in [-0.3, -0.25) is 0 Å². The van der Waals surface area contributed by atoms with E-state index in [-0.39, 0.29) is 0 Å². The summed E-state index contributed by atoms with van der Waals surface area (Å²) in [5.74, 6) is 0. The summed E-state index contributed by atoms with van der Waals surface area (Å²) in [4.78, 5) is 9.05. The molecule has 0 atom stereocenters. The second kappa shape index (κ2) is 11.8. The maximum absolute atomic E-state index is 13.0. The third kappa shape index (κ3) is 6.76. The van der Waals surface area contributed by atoms with Crippen molar-refractivity contribution in [3.63, 3.8) is 0 Å². The first-order chi connectivity index (χ1) is 21.0. The monoisotopic (exact) mass is 638 g/mol. The van der Waals surface area contributed by atoms with Gasteiger partial charge in [0, 0.05) is 33.3 Å². The lowest BCUT2D eigenvalue weighted by atomic mass is 10.0. The Kier molecular flexibility index (Phi) is 7.87. The van der Waals surface area contributed by atoms with Crippen molar-refractivity contribution in [2.45, 2.75) is 12.4 Å². The van der Waals surface area contributed by atoms with Crippen molar-refractivity contribution in [1.82, 2.24) is 9.97 Å². The fourth-order valence-corrected chi connectivity index (χ4v) is 5.87. The average molecular weight is 639 g/mol. The van der Waals surface area contributed by atoms with Crippen LogP contribution in [0.5, 0.6) is 0 Å². The van der Waals surface area contributed by atoms with Gasteiger partial charge in [0.25, 0.3) is 0 Å². The minimum absolute atomic E-state index is 0.306. The predicted molar refractivity (Wildman–Crippen MR) is 164 cm³/mol. The maximum atomic E-state index is 13.0. The average Bonchev–Trinajstić information content (AvgIpc) is 3.67. The van der Waals surface area contributed by atoms with Gasteiger partial charge in [-0.1, -0.05) is 60.7 Å². The normalized spacial score (nSPS) is 11.9. The number of anilines is 4. The number of rotatable bonds is 7. The molecule has 44 heavy (non-hydrogen) atoms. The van der Waals surface area contributed by atoms with Crippen LogP contribution in [0.15, 0.2) is 108 Å². The Labute approximate surface area is 255 Å². The van der Waals surface area contributed by atoms with Crippen molar-refractivity contribution in [1.29, 1.82) is 0 Å². The minimum atomic E-state index is -4.42. The Morgan fingerprint density at radius 1 is 0.477 bits per heavy atom. The zero-order valence-electron chi connectivity index (χ0n) is 22.4. The zero-order chi connectivity index (χ0) is 30.9. The molecule has 0 aliphatic rings. The lowest BCUT2D eigenvalue weighted by Gasteiger charge is -2.09. The van der Waals surface area contributed by atoms with Gasteiger partial charge in [0.2, 0.25) is 0 Å². The Bertz CT molecular complexity index is 1750. The molecule has 0 saturated carbocycles. The number of aromatic nitrogens is 2. The van der Waals surface area contributed by atoms with E-state index in [9.17, 15) is 26.3 Å². The summed E-state index contributed by atoms with van der Waals surface area (Å²) >= 11 is 2.60. The van der Waals surface area contributed by atoms with Gasteiger partial charge in [0.15, 0.2) is 10.3 Å². The largest absolute Gasteiger partial charge is 0.416 e. The molecule has 2 heterocycles. The van der Waals surface area contributed by atoms with E-state index in [1.807, 2.05) is 59.3 Å². The molecule has 0 aliphatic heterocycles. The number of nitrogens with zero attached hydrogens (tertiary/aromatic N) is 2. The summed E-state index contributed by atoms with van der Waals surface area (Å²) in [5.41, 5.74) is 4.22. The standard InChI is InChI=1S/C32H20F6N4S2/c33-31(34,35)23-3-1-5-25(15-23)39-29-41-27(17-43-29)21-11-7-19(8-12-21)20-9-13-22(14-10-20)28-18-44-30(42-28)40-26-6-2-4-24(16-26)32(36,37)38/h1-18H,(H,39,41)(H,40,42). The third-order valence-corrected chi connectivity index (χ3v) is 8.10. The van der Waals surface area contributed by atoms with Crippen molar-refractivity contribution < 1.29 is 26.3 Å². The van der Waals surface area contributed by atoms with Crippen LogP contribution < -0.4 is 10.6 Å². The molecule has 2 N–H and O–H groups in total. The summed E-state index contributed by atoms with van der Waals surface area (Å²) in [7, 11) is 0. The Hall–Kier alpha value is -4.68. The molecular weight excluding hydrogens is 619 g/mol. The molecule has 4 nitrogen and oxygen atoms in total. The van der Waals surface area contributed by atoms with Gasteiger partial charge < -0.3 is 10.6 Å². The molecule has 0 aliphatic carbocycles. The van der Waals surface area contributed by atoms with E-state index in [4.69, 9.17) is 0 Å². The van der Waals surface area contributed by atoms with E-state index in [2.05, 4.69) is 20.6 Å². The fraction of sp³-hybridized carbons (Fsp3) is 0.0625. The summed E-state index contributed by atoms with van der Waals surface area (Å²) in [6.07, 6.45) is -8.85. The number of hydrogen-bond donors (Lipinski definition) is 2. The number of nitrogens with one attached hydrogen (secondary N) is 2. The highest BCUT2D eigenvalue weighted by Gasteiger charge is 2.31. The van der Waals surface area contributed by atoms with Crippen molar-refractivity contribution in [2.24, 2.45) is 0 Å². The Morgan fingerprint density at radius 2 is 0.841 bits per heavy atom. The number of halogens is 6. The van der Waals surface area contributed by atoms with Gasteiger partial charge >= 0.3 is 12.4 Å². The van der Waals surface area contributed by atoms with Gasteiger partial charge in [-0.2, -0.15) is 26.3 Å². The molecule has 222 valence electrons. The Balaban J connectivity index is 1.11. The van der Waals surface area contributed by atoms with Crippen LogP contribution in [0.4, 0.5) is 48.0 Å². The molecule has 2 aromatic heterocycles. The fourth-order valence-electron chi connectivity index (χ4n) is 4.39. The molecule has 0 fully saturated rings. The minimum Gasteiger partial charge on any atom is -0.332 e. The highest BCUT2D eigenvalue weighted by atomic mass is 32.1. The number of hydrogen-bond acceptors (Lipinski definition) is 6. The van der Waals surface area contributed by atoms with Gasteiger partial charge in [-0.25, -0.2) is 9.97 Å². The van der Waals surface area contributed by atoms with E-state index < -0.39 is 23.5 Å². The van der Waals surface area contributed by atoms with Gasteiger partial charge in [0.05, 0.1) is 22.5 Å². The molecular formula is C32H20F6N4S2. The molecule has 0 amide bonds. The number of alkyl halides is 6. The first-order valence-corrected chi connectivity index (χ1v) is 14.8. The van der Waals surface area contributed by atoms with Crippen molar-refractivity contribution in [3.8, 4) is 33.6 Å².